The molecule has 2 fully saturated rings. The van der Waals surface area contributed by atoms with Gasteiger partial charge in [-0.05, 0) is 55.5 Å². The number of benzene rings is 2. The summed E-state index contributed by atoms with van der Waals surface area (Å²) in [7, 11) is 0. The van der Waals surface area contributed by atoms with Gasteiger partial charge in [0.05, 0.1) is 6.10 Å². The first kappa shape index (κ1) is 19.6. The predicted octanol–water partition coefficient (Wildman–Crippen LogP) is 4.30. The highest BCUT2D eigenvalue weighted by molar-refractivity contribution is 5.22. The van der Waals surface area contributed by atoms with Crippen molar-refractivity contribution >= 4 is 0 Å². The largest absolute Gasteiger partial charge is 0.376 e. The minimum atomic E-state index is -0.0513. The van der Waals surface area contributed by atoms with Gasteiger partial charge in [-0.1, -0.05) is 48.5 Å². The Labute approximate surface area is 168 Å². The van der Waals surface area contributed by atoms with E-state index in [0.717, 1.165) is 70.7 Å². The van der Waals surface area contributed by atoms with Crippen molar-refractivity contribution in [2.24, 2.45) is 0 Å². The molecule has 0 spiro atoms. The molecule has 0 N–H and O–H groups in total. The first-order chi connectivity index (χ1) is 13.8. The van der Waals surface area contributed by atoms with Crippen LogP contribution in [0.25, 0.3) is 0 Å². The number of rotatable bonds is 5. The van der Waals surface area contributed by atoms with Crippen LogP contribution in [0.15, 0.2) is 54.6 Å². The highest BCUT2D eigenvalue weighted by Gasteiger charge is 2.26. The molecule has 0 saturated carbocycles. The summed E-state index contributed by atoms with van der Waals surface area (Å²) in [5.41, 5.74) is 2.26. The summed E-state index contributed by atoms with van der Waals surface area (Å²) in [5, 5.41) is 0. The maximum atomic E-state index is 14.1. The fraction of sp³-hybridized carbons (Fsp3) is 0.500. The molecule has 2 aromatic carbocycles. The molecule has 0 radical (unpaired) electrons. The molecule has 150 valence electrons. The molecule has 0 bridgehead atoms. The van der Waals surface area contributed by atoms with Gasteiger partial charge in [-0.15, -0.1) is 0 Å². The van der Waals surface area contributed by atoms with Crippen LogP contribution in [-0.2, 0) is 11.3 Å². The quantitative estimate of drug-likeness (QED) is 0.767. The van der Waals surface area contributed by atoms with Gasteiger partial charge in [0.1, 0.15) is 5.82 Å². The third-order valence-corrected chi connectivity index (χ3v) is 6.08. The summed E-state index contributed by atoms with van der Waals surface area (Å²) < 4.78 is 20.2. The van der Waals surface area contributed by atoms with Crippen LogP contribution >= 0.6 is 0 Å². The maximum absolute atomic E-state index is 14.1. The van der Waals surface area contributed by atoms with Gasteiger partial charge in [0, 0.05) is 32.8 Å². The minimum Gasteiger partial charge on any atom is -0.376 e. The summed E-state index contributed by atoms with van der Waals surface area (Å²) in [6.45, 7) is 6.96. The SMILES string of the molecule is Fc1ccccc1C1CCN(CC2CN(Cc3ccccc3)CCCO2)CC1. The second kappa shape index (κ2) is 9.64. The summed E-state index contributed by atoms with van der Waals surface area (Å²) in [5.74, 6) is 0.298. The summed E-state index contributed by atoms with van der Waals surface area (Å²) in [4.78, 5) is 5.03. The molecule has 1 atom stereocenters. The summed E-state index contributed by atoms with van der Waals surface area (Å²) >= 11 is 0. The molecule has 2 saturated heterocycles. The Balaban J connectivity index is 1.28. The van der Waals surface area contributed by atoms with E-state index in [4.69, 9.17) is 4.74 Å². The van der Waals surface area contributed by atoms with Crippen LogP contribution in [0.3, 0.4) is 0 Å². The van der Waals surface area contributed by atoms with Crippen LogP contribution in [0.2, 0.25) is 0 Å². The van der Waals surface area contributed by atoms with E-state index in [2.05, 4.69) is 40.1 Å². The minimum absolute atomic E-state index is 0.0513. The van der Waals surface area contributed by atoms with Crippen LogP contribution in [0.5, 0.6) is 0 Å². The Bertz CT molecular complexity index is 730. The van der Waals surface area contributed by atoms with Gasteiger partial charge in [-0.2, -0.15) is 0 Å². The van der Waals surface area contributed by atoms with Crippen molar-refractivity contribution in [3.05, 3.63) is 71.5 Å². The van der Waals surface area contributed by atoms with Gasteiger partial charge in [-0.25, -0.2) is 4.39 Å². The zero-order chi connectivity index (χ0) is 19.2. The molecule has 2 aromatic rings. The zero-order valence-corrected chi connectivity index (χ0v) is 16.6. The Hall–Kier alpha value is -1.75. The number of nitrogens with zero attached hydrogens (tertiary/aromatic N) is 2. The van der Waals surface area contributed by atoms with Crippen LogP contribution in [0.4, 0.5) is 4.39 Å². The van der Waals surface area contributed by atoms with Crippen molar-refractivity contribution in [2.45, 2.75) is 37.8 Å². The predicted molar refractivity (Wildman–Crippen MR) is 111 cm³/mol. The number of likely N-dealkylation sites (tertiary alicyclic amines) is 1. The molecule has 2 aliphatic heterocycles. The van der Waals surface area contributed by atoms with Crippen molar-refractivity contribution in [3.63, 3.8) is 0 Å². The highest BCUT2D eigenvalue weighted by atomic mass is 19.1. The Morgan fingerprint density at radius 3 is 2.43 bits per heavy atom. The fourth-order valence-electron chi connectivity index (χ4n) is 4.59. The Morgan fingerprint density at radius 1 is 0.893 bits per heavy atom. The third kappa shape index (κ3) is 5.19. The number of piperidine rings is 1. The second-order valence-corrected chi connectivity index (χ2v) is 8.16. The van der Waals surface area contributed by atoms with E-state index in [1.165, 1.54) is 5.56 Å². The van der Waals surface area contributed by atoms with Crippen molar-refractivity contribution in [2.75, 3.05) is 39.3 Å². The number of hydrogen-bond donors (Lipinski definition) is 0. The van der Waals surface area contributed by atoms with Crippen molar-refractivity contribution < 1.29 is 9.13 Å². The van der Waals surface area contributed by atoms with Crippen LogP contribution in [0.1, 0.15) is 36.3 Å². The van der Waals surface area contributed by atoms with Crippen LogP contribution < -0.4 is 0 Å². The number of halogens is 1. The van der Waals surface area contributed by atoms with E-state index in [1.807, 2.05) is 12.1 Å². The zero-order valence-electron chi connectivity index (χ0n) is 16.6. The topological polar surface area (TPSA) is 15.7 Å². The van der Waals surface area contributed by atoms with Crippen LogP contribution in [-0.4, -0.2) is 55.2 Å². The van der Waals surface area contributed by atoms with Crippen LogP contribution in [0, 0.1) is 5.82 Å². The Morgan fingerprint density at radius 2 is 1.64 bits per heavy atom. The Kier molecular flexibility index (Phi) is 6.73. The van der Waals surface area contributed by atoms with Gasteiger partial charge in [0.2, 0.25) is 0 Å². The van der Waals surface area contributed by atoms with Crippen molar-refractivity contribution in [3.8, 4) is 0 Å². The van der Waals surface area contributed by atoms with E-state index < -0.39 is 0 Å². The van der Waals surface area contributed by atoms with Gasteiger partial charge in [0.25, 0.3) is 0 Å². The first-order valence-corrected chi connectivity index (χ1v) is 10.6. The first-order valence-electron chi connectivity index (χ1n) is 10.6. The lowest BCUT2D eigenvalue weighted by Gasteiger charge is -2.35. The normalized spacial score (nSPS) is 22.8. The molecule has 2 aliphatic rings. The molecule has 4 rings (SSSR count). The van der Waals surface area contributed by atoms with E-state index in [0.29, 0.717) is 5.92 Å². The molecule has 0 aliphatic carbocycles. The van der Waals surface area contributed by atoms with E-state index >= 15 is 0 Å². The lowest BCUT2D eigenvalue weighted by Crippen LogP contribution is -2.43. The molecule has 4 heteroatoms. The summed E-state index contributed by atoms with van der Waals surface area (Å²) in [6.07, 6.45) is 3.41. The van der Waals surface area contributed by atoms with Crippen molar-refractivity contribution in [1.82, 2.24) is 9.80 Å². The smallest absolute Gasteiger partial charge is 0.126 e. The molecular formula is C24H31FN2O. The molecule has 2 heterocycles. The van der Waals surface area contributed by atoms with E-state index in [-0.39, 0.29) is 11.9 Å². The standard InChI is InChI=1S/C24H31FN2O/c25-24-10-5-4-9-23(24)21-11-14-26(15-12-21)18-22-19-27(13-6-16-28-22)17-20-7-2-1-3-8-20/h1-5,7-10,21-22H,6,11-19H2. The van der Waals surface area contributed by atoms with Gasteiger partial charge < -0.3 is 9.64 Å². The average Bonchev–Trinajstić information content (AvgIpc) is 2.95. The van der Waals surface area contributed by atoms with E-state index in [1.54, 1.807) is 12.1 Å². The average molecular weight is 383 g/mol. The van der Waals surface area contributed by atoms with Gasteiger partial charge >= 0.3 is 0 Å². The second-order valence-electron chi connectivity index (χ2n) is 8.16. The van der Waals surface area contributed by atoms with E-state index in [9.17, 15) is 4.39 Å². The number of hydrogen-bond acceptors (Lipinski definition) is 3. The highest BCUT2D eigenvalue weighted by Crippen LogP contribution is 2.30. The van der Waals surface area contributed by atoms with Gasteiger partial charge in [0.15, 0.2) is 0 Å². The molecule has 0 aromatic heterocycles. The molecular weight excluding hydrogens is 351 g/mol. The molecule has 0 amide bonds. The maximum Gasteiger partial charge on any atom is 0.126 e. The lowest BCUT2D eigenvalue weighted by atomic mass is 9.89. The van der Waals surface area contributed by atoms with Crippen molar-refractivity contribution in [1.29, 1.82) is 0 Å². The fourth-order valence-corrected chi connectivity index (χ4v) is 4.59. The lowest BCUT2D eigenvalue weighted by molar-refractivity contribution is 0.0202. The third-order valence-electron chi connectivity index (χ3n) is 6.08. The monoisotopic (exact) mass is 382 g/mol. The molecule has 3 nitrogen and oxygen atoms in total. The van der Waals surface area contributed by atoms with Gasteiger partial charge in [-0.3, -0.25) is 4.90 Å². The molecule has 28 heavy (non-hydrogen) atoms. The summed E-state index contributed by atoms with van der Waals surface area (Å²) in [6, 6.07) is 18.0. The molecule has 1 unspecified atom stereocenters. The number of ether oxygens (including phenoxy) is 1.